The van der Waals surface area contributed by atoms with Gasteiger partial charge in [-0.25, -0.2) is 4.79 Å². The van der Waals surface area contributed by atoms with Crippen molar-refractivity contribution in [3.8, 4) is 0 Å². The number of nitrogens with one attached hydrogen (secondary N) is 1. The number of aromatic nitrogens is 1. The van der Waals surface area contributed by atoms with Gasteiger partial charge in [-0.05, 0) is 69.1 Å². The van der Waals surface area contributed by atoms with E-state index in [1.807, 2.05) is 19.3 Å². The minimum Gasteiger partial charge on any atom is -0.459 e. The van der Waals surface area contributed by atoms with E-state index in [2.05, 4.69) is 16.4 Å². The van der Waals surface area contributed by atoms with E-state index >= 15 is 0 Å². The number of amides is 1. The SMILES string of the molecule is CC1=CC(=O)OC2CC(CCCc3ccncc3CCCC1)O[C@@](O)([C@@H]1CSC(=O)N1)C2. The fourth-order valence-electron chi connectivity index (χ4n) is 4.84. The standard InChI is InChI=1S/C24H32N2O5S/c1-16-5-2-3-6-18-14-25-10-9-17(18)7-4-8-19-12-20(30-22(27)11-16)13-24(29,31-19)21-15-32-23(28)26-21/h9-11,14,19-21,29H,2-8,12-13,15H2,1H3,(H,26,28)/t19?,20?,21-,24+/m0/s1. The zero-order valence-corrected chi connectivity index (χ0v) is 19.4. The molecule has 32 heavy (non-hydrogen) atoms. The summed E-state index contributed by atoms with van der Waals surface area (Å²) in [5.41, 5.74) is 3.59. The van der Waals surface area contributed by atoms with Crippen molar-refractivity contribution in [2.24, 2.45) is 0 Å². The molecule has 0 saturated carbocycles. The summed E-state index contributed by atoms with van der Waals surface area (Å²) in [6, 6.07) is 1.58. The molecular formula is C24H32N2O5S. The van der Waals surface area contributed by atoms with Crippen LogP contribution in [0.5, 0.6) is 0 Å². The van der Waals surface area contributed by atoms with Crippen LogP contribution in [0.1, 0.15) is 63.0 Å². The van der Waals surface area contributed by atoms with E-state index in [9.17, 15) is 14.7 Å². The molecule has 0 aliphatic carbocycles. The highest BCUT2D eigenvalue weighted by Gasteiger charge is 2.49. The summed E-state index contributed by atoms with van der Waals surface area (Å²) in [4.78, 5) is 28.6. The van der Waals surface area contributed by atoms with Crippen molar-refractivity contribution in [2.75, 3.05) is 5.75 Å². The lowest BCUT2D eigenvalue weighted by molar-refractivity contribution is -0.283. The third kappa shape index (κ3) is 5.91. The van der Waals surface area contributed by atoms with E-state index in [0.29, 0.717) is 12.2 Å². The molecule has 3 aliphatic rings. The zero-order chi connectivity index (χ0) is 22.6. The molecule has 0 radical (unpaired) electrons. The van der Waals surface area contributed by atoms with E-state index in [4.69, 9.17) is 9.47 Å². The first-order valence-electron chi connectivity index (χ1n) is 11.5. The van der Waals surface area contributed by atoms with E-state index in [0.717, 1.165) is 62.3 Å². The van der Waals surface area contributed by atoms with Gasteiger partial charge in [0.25, 0.3) is 5.24 Å². The van der Waals surface area contributed by atoms with Crippen molar-refractivity contribution >= 4 is 23.0 Å². The summed E-state index contributed by atoms with van der Waals surface area (Å²) in [6.45, 7) is 1.95. The van der Waals surface area contributed by atoms with Gasteiger partial charge >= 0.3 is 5.97 Å². The van der Waals surface area contributed by atoms with Crippen LogP contribution in [-0.2, 0) is 27.1 Å². The Labute approximate surface area is 193 Å². The Bertz CT molecular complexity index is 876. The number of aliphatic hydroxyl groups is 1. The molecule has 2 fully saturated rings. The summed E-state index contributed by atoms with van der Waals surface area (Å²) in [6.07, 6.45) is 11.8. The third-order valence-corrected chi connectivity index (χ3v) is 7.41. The Kier molecular flexibility index (Phi) is 7.53. The van der Waals surface area contributed by atoms with Crippen LogP contribution in [0.15, 0.2) is 30.1 Å². The molecule has 1 amide bonds. The number of pyridine rings is 1. The van der Waals surface area contributed by atoms with Crippen molar-refractivity contribution in [3.63, 3.8) is 0 Å². The Balaban J connectivity index is 1.54. The fourth-order valence-corrected chi connectivity index (χ4v) is 5.73. The molecule has 2 bridgehead atoms. The number of thioether (sulfide) groups is 1. The van der Waals surface area contributed by atoms with Gasteiger partial charge in [0.1, 0.15) is 6.10 Å². The van der Waals surface area contributed by atoms with Crippen molar-refractivity contribution in [1.82, 2.24) is 10.3 Å². The third-order valence-electron chi connectivity index (χ3n) is 6.53. The van der Waals surface area contributed by atoms with Gasteiger partial charge in [-0.3, -0.25) is 9.78 Å². The van der Waals surface area contributed by atoms with Crippen LogP contribution in [0.4, 0.5) is 4.79 Å². The van der Waals surface area contributed by atoms with Crippen molar-refractivity contribution in [2.45, 2.75) is 88.7 Å². The lowest BCUT2D eigenvalue weighted by Gasteiger charge is -2.43. The zero-order valence-electron chi connectivity index (χ0n) is 18.5. The Morgan fingerprint density at radius 1 is 1.16 bits per heavy atom. The summed E-state index contributed by atoms with van der Waals surface area (Å²) >= 11 is 1.14. The van der Waals surface area contributed by atoms with Gasteiger partial charge in [0.15, 0.2) is 5.79 Å². The van der Waals surface area contributed by atoms with Gasteiger partial charge in [0, 0.05) is 37.1 Å². The van der Waals surface area contributed by atoms with Crippen molar-refractivity contribution in [1.29, 1.82) is 0 Å². The molecule has 7 nitrogen and oxygen atoms in total. The van der Waals surface area contributed by atoms with Gasteiger partial charge in [-0.2, -0.15) is 0 Å². The number of aryl methyl sites for hydroxylation is 2. The summed E-state index contributed by atoms with van der Waals surface area (Å²) < 4.78 is 11.9. The molecule has 8 heteroatoms. The lowest BCUT2D eigenvalue weighted by Crippen LogP contribution is -2.58. The first-order valence-corrected chi connectivity index (χ1v) is 12.5. The number of rotatable bonds is 1. The molecule has 1 aromatic rings. The smallest absolute Gasteiger partial charge is 0.330 e. The molecule has 2 unspecified atom stereocenters. The van der Waals surface area contributed by atoms with E-state index < -0.39 is 17.9 Å². The van der Waals surface area contributed by atoms with Crippen LogP contribution in [0.25, 0.3) is 0 Å². The molecule has 4 heterocycles. The van der Waals surface area contributed by atoms with Crippen LogP contribution in [0.2, 0.25) is 0 Å². The van der Waals surface area contributed by atoms with Crippen LogP contribution < -0.4 is 5.32 Å². The second-order valence-corrected chi connectivity index (χ2v) is 10.1. The molecular weight excluding hydrogens is 428 g/mol. The molecule has 4 atom stereocenters. The van der Waals surface area contributed by atoms with Crippen LogP contribution in [0.3, 0.4) is 0 Å². The number of ether oxygens (including phenoxy) is 2. The van der Waals surface area contributed by atoms with Gasteiger partial charge in [-0.15, -0.1) is 0 Å². The maximum Gasteiger partial charge on any atom is 0.330 e. The highest BCUT2D eigenvalue weighted by Crippen LogP contribution is 2.36. The maximum atomic E-state index is 12.5. The normalized spacial score (nSPS) is 32.4. The lowest BCUT2D eigenvalue weighted by atomic mass is 9.90. The summed E-state index contributed by atoms with van der Waals surface area (Å²) in [7, 11) is 0. The molecule has 2 saturated heterocycles. The van der Waals surface area contributed by atoms with Crippen LogP contribution in [-0.4, -0.2) is 51.1 Å². The van der Waals surface area contributed by atoms with Gasteiger partial charge in [0.05, 0.1) is 12.1 Å². The van der Waals surface area contributed by atoms with Gasteiger partial charge < -0.3 is 19.9 Å². The Morgan fingerprint density at radius 2 is 1.97 bits per heavy atom. The molecule has 4 rings (SSSR count). The molecule has 174 valence electrons. The average molecular weight is 461 g/mol. The second-order valence-electron chi connectivity index (χ2n) is 9.11. The second kappa shape index (κ2) is 10.4. The molecule has 1 aromatic heterocycles. The van der Waals surface area contributed by atoms with E-state index in [1.165, 1.54) is 11.1 Å². The minimum absolute atomic E-state index is 0.155. The van der Waals surface area contributed by atoms with E-state index in [1.54, 1.807) is 6.08 Å². The number of nitrogens with zero attached hydrogens (tertiary/aromatic N) is 1. The number of carbonyl (C=O) groups is 2. The van der Waals surface area contributed by atoms with Crippen LogP contribution >= 0.6 is 11.8 Å². The Hall–Kier alpha value is -1.90. The maximum absolute atomic E-state index is 12.5. The number of esters is 1. The minimum atomic E-state index is -1.54. The fraction of sp³-hybridized carbons (Fsp3) is 0.625. The number of fused-ring (bicyclic) bond motifs is 3. The molecule has 0 aromatic carbocycles. The average Bonchev–Trinajstić information content (AvgIpc) is 3.18. The summed E-state index contributed by atoms with van der Waals surface area (Å²) in [5, 5.41) is 13.9. The predicted molar refractivity (Wildman–Crippen MR) is 122 cm³/mol. The highest BCUT2D eigenvalue weighted by molar-refractivity contribution is 8.14. The number of allylic oxidation sites excluding steroid dienone is 1. The Morgan fingerprint density at radius 3 is 2.78 bits per heavy atom. The molecule has 2 N–H and O–H groups in total. The number of hydrogen-bond donors (Lipinski definition) is 2. The number of hydrogen-bond acceptors (Lipinski definition) is 7. The predicted octanol–water partition coefficient (Wildman–Crippen LogP) is 3.68. The molecule has 0 spiro atoms. The van der Waals surface area contributed by atoms with E-state index in [-0.39, 0.29) is 23.7 Å². The quantitative estimate of drug-likeness (QED) is 0.617. The topological polar surface area (TPSA) is 97.8 Å². The van der Waals surface area contributed by atoms with Crippen molar-refractivity contribution < 1.29 is 24.2 Å². The number of carbonyl (C=O) groups excluding carboxylic acids is 2. The van der Waals surface area contributed by atoms with Crippen LogP contribution in [0, 0.1) is 0 Å². The van der Waals surface area contributed by atoms with Gasteiger partial charge in [-0.1, -0.05) is 17.3 Å². The first kappa shape index (κ1) is 23.3. The highest BCUT2D eigenvalue weighted by atomic mass is 32.2. The first-order chi connectivity index (χ1) is 15.4. The van der Waals surface area contributed by atoms with Gasteiger partial charge in [0.2, 0.25) is 0 Å². The largest absolute Gasteiger partial charge is 0.459 e. The summed E-state index contributed by atoms with van der Waals surface area (Å²) in [5.74, 6) is -1.48. The molecule has 3 aliphatic heterocycles. The van der Waals surface area contributed by atoms with Crippen molar-refractivity contribution in [3.05, 3.63) is 41.2 Å². The monoisotopic (exact) mass is 460 g/mol.